The summed E-state index contributed by atoms with van der Waals surface area (Å²) in [6.45, 7) is 2.43. The molecule has 1 saturated carbocycles. The van der Waals surface area contributed by atoms with Gasteiger partial charge in [0.1, 0.15) is 0 Å². The zero-order chi connectivity index (χ0) is 12.4. The van der Waals surface area contributed by atoms with Crippen molar-refractivity contribution in [2.24, 2.45) is 5.73 Å². The highest BCUT2D eigenvalue weighted by Gasteiger charge is 2.25. The summed E-state index contributed by atoms with van der Waals surface area (Å²) >= 11 is 0. The van der Waals surface area contributed by atoms with Crippen LogP contribution in [0, 0.1) is 0 Å². The molecule has 1 aromatic rings. The zero-order valence-corrected chi connectivity index (χ0v) is 10.9. The van der Waals surface area contributed by atoms with Crippen LogP contribution in [0.4, 0.5) is 11.4 Å². The van der Waals surface area contributed by atoms with E-state index in [0.717, 1.165) is 12.8 Å². The molecule has 18 heavy (non-hydrogen) atoms. The van der Waals surface area contributed by atoms with Crippen LogP contribution >= 0.6 is 0 Å². The Morgan fingerprint density at radius 2 is 1.67 bits per heavy atom. The van der Waals surface area contributed by atoms with Gasteiger partial charge in [-0.15, -0.1) is 0 Å². The van der Waals surface area contributed by atoms with E-state index in [9.17, 15) is 0 Å². The molecule has 0 radical (unpaired) electrons. The molecule has 1 aliphatic heterocycles. The summed E-state index contributed by atoms with van der Waals surface area (Å²) in [6.07, 6.45) is 6.26. The highest BCUT2D eigenvalue weighted by Crippen LogP contribution is 2.25. The van der Waals surface area contributed by atoms with Gasteiger partial charge in [0.2, 0.25) is 0 Å². The Morgan fingerprint density at radius 3 is 2.28 bits per heavy atom. The fourth-order valence-corrected chi connectivity index (χ4v) is 2.94. The number of benzene rings is 1. The first kappa shape index (κ1) is 11.8. The van der Waals surface area contributed by atoms with Crippen molar-refractivity contribution in [2.45, 2.75) is 44.2 Å². The fraction of sp³-hybridized carbons (Fsp3) is 0.600. The molecule has 98 valence electrons. The number of nitrogens with zero attached hydrogens (tertiary/aromatic N) is 1. The van der Waals surface area contributed by atoms with Gasteiger partial charge in [0.05, 0.1) is 0 Å². The molecule has 3 nitrogen and oxygen atoms in total. The molecule has 0 amide bonds. The van der Waals surface area contributed by atoms with E-state index in [1.165, 1.54) is 43.7 Å². The average molecular weight is 245 g/mol. The summed E-state index contributed by atoms with van der Waals surface area (Å²) < 4.78 is 0. The summed E-state index contributed by atoms with van der Waals surface area (Å²) in [4.78, 5) is 2.49. The predicted molar refractivity (Wildman–Crippen MR) is 77.1 cm³/mol. The third kappa shape index (κ3) is 2.61. The van der Waals surface area contributed by atoms with Gasteiger partial charge in [-0.2, -0.15) is 0 Å². The smallest absolute Gasteiger partial charge is 0.0367 e. The molecular formula is C15H23N3. The molecule has 1 aromatic carbocycles. The molecule has 0 bridgehead atoms. The minimum atomic E-state index is 0.412. The normalized spacial score (nSPS) is 27.7. The van der Waals surface area contributed by atoms with Gasteiger partial charge >= 0.3 is 0 Å². The summed E-state index contributed by atoms with van der Waals surface area (Å²) in [6, 6.07) is 9.89. The van der Waals surface area contributed by atoms with Gasteiger partial charge in [-0.25, -0.2) is 0 Å². The van der Waals surface area contributed by atoms with Gasteiger partial charge in [0, 0.05) is 36.5 Å². The lowest BCUT2D eigenvalue weighted by atomic mass is 9.87. The lowest BCUT2D eigenvalue weighted by molar-refractivity contribution is 0.373. The molecule has 2 aliphatic rings. The molecule has 0 spiro atoms. The topological polar surface area (TPSA) is 41.3 Å². The predicted octanol–water partition coefficient (Wildman–Crippen LogP) is 2.58. The molecule has 3 heteroatoms. The van der Waals surface area contributed by atoms with Crippen LogP contribution in [0.3, 0.4) is 0 Å². The van der Waals surface area contributed by atoms with Crippen molar-refractivity contribution >= 4 is 11.4 Å². The first-order valence-corrected chi connectivity index (χ1v) is 7.18. The SMILES string of the molecule is NC1CC(Nc2ccc(N3CCCCC3)cc2)C1. The van der Waals surface area contributed by atoms with Crippen LogP contribution in [0.1, 0.15) is 32.1 Å². The Bertz CT molecular complexity index is 375. The Kier molecular flexibility index (Phi) is 3.41. The third-order valence-electron chi connectivity index (χ3n) is 4.13. The summed E-state index contributed by atoms with van der Waals surface area (Å²) in [7, 11) is 0. The highest BCUT2D eigenvalue weighted by atomic mass is 15.1. The maximum atomic E-state index is 5.80. The Morgan fingerprint density at radius 1 is 1.00 bits per heavy atom. The summed E-state index contributed by atoms with van der Waals surface area (Å²) in [5.74, 6) is 0. The minimum Gasteiger partial charge on any atom is -0.382 e. The number of nitrogens with one attached hydrogen (secondary N) is 1. The van der Waals surface area contributed by atoms with Gasteiger partial charge in [0.15, 0.2) is 0 Å². The van der Waals surface area contributed by atoms with Crippen molar-refractivity contribution in [1.82, 2.24) is 0 Å². The molecule has 3 rings (SSSR count). The molecular weight excluding hydrogens is 222 g/mol. The molecule has 2 fully saturated rings. The van der Waals surface area contributed by atoms with Crippen LogP contribution in [-0.4, -0.2) is 25.2 Å². The molecule has 3 N–H and O–H groups in total. The molecule has 1 saturated heterocycles. The number of hydrogen-bond donors (Lipinski definition) is 2. The van der Waals surface area contributed by atoms with Crippen molar-refractivity contribution in [2.75, 3.05) is 23.3 Å². The maximum Gasteiger partial charge on any atom is 0.0367 e. The van der Waals surface area contributed by atoms with Gasteiger partial charge in [-0.05, 0) is 56.4 Å². The monoisotopic (exact) mass is 245 g/mol. The number of hydrogen-bond acceptors (Lipinski definition) is 3. The second-order valence-corrected chi connectivity index (χ2v) is 5.67. The van der Waals surface area contributed by atoms with Crippen LogP contribution in [0.15, 0.2) is 24.3 Å². The second kappa shape index (κ2) is 5.19. The van der Waals surface area contributed by atoms with Gasteiger partial charge < -0.3 is 16.0 Å². The van der Waals surface area contributed by atoms with E-state index in [4.69, 9.17) is 5.73 Å². The molecule has 0 atom stereocenters. The van der Waals surface area contributed by atoms with Crippen LogP contribution in [0.5, 0.6) is 0 Å². The van der Waals surface area contributed by atoms with Crippen LogP contribution in [0.25, 0.3) is 0 Å². The lowest BCUT2D eigenvalue weighted by Gasteiger charge is -2.34. The van der Waals surface area contributed by atoms with Crippen molar-refractivity contribution in [3.8, 4) is 0 Å². The van der Waals surface area contributed by atoms with Crippen molar-refractivity contribution in [3.63, 3.8) is 0 Å². The highest BCUT2D eigenvalue weighted by molar-refractivity contribution is 5.55. The standard InChI is InChI=1S/C15H23N3/c16-12-10-14(11-12)17-13-4-6-15(7-5-13)18-8-2-1-3-9-18/h4-7,12,14,17H,1-3,8-11,16H2. The number of piperidine rings is 1. The molecule has 1 heterocycles. The average Bonchev–Trinajstić information content (AvgIpc) is 2.39. The Balaban J connectivity index is 1.58. The molecule has 1 aliphatic carbocycles. The Hall–Kier alpha value is -1.22. The summed E-state index contributed by atoms with van der Waals surface area (Å²) in [5.41, 5.74) is 8.39. The first-order chi connectivity index (χ1) is 8.81. The van der Waals surface area contributed by atoms with E-state index in [1.807, 2.05) is 0 Å². The first-order valence-electron chi connectivity index (χ1n) is 7.18. The van der Waals surface area contributed by atoms with Gasteiger partial charge in [-0.3, -0.25) is 0 Å². The van der Waals surface area contributed by atoms with Crippen LogP contribution in [0.2, 0.25) is 0 Å². The van der Waals surface area contributed by atoms with E-state index in [-0.39, 0.29) is 0 Å². The number of anilines is 2. The van der Waals surface area contributed by atoms with Crippen molar-refractivity contribution in [1.29, 1.82) is 0 Å². The van der Waals surface area contributed by atoms with E-state index in [0.29, 0.717) is 12.1 Å². The van der Waals surface area contributed by atoms with Gasteiger partial charge in [0.25, 0.3) is 0 Å². The lowest BCUT2D eigenvalue weighted by Crippen LogP contribution is -2.44. The minimum absolute atomic E-state index is 0.412. The van der Waals surface area contributed by atoms with E-state index >= 15 is 0 Å². The van der Waals surface area contributed by atoms with Gasteiger partial charge in [-0.1, -0.05) is 0 Å². The van der Waals surface area contributed by atoms with E-state index in [2.05, 4.69) is 34.5 Å². The number of nitrogens with two attached hydrogens (primary N) is 1. The Labute approximate surface area is 109 Å². The second-order valence-electron chi connectivity index (χ2n) is 5.67. The number of rotatable bonds is 3. The molecule has 0 aromatic heterocycles. The quantitative estimate of drug-likeness (QED) is 0.860. The maximum absolute atomic E-state index is 5.80. The van der Waals surface area contributed by atoms with Crippen molar-refractivity contribution in [3.05, 3.63) is 24.3 Å². The zero-order valence-electron chi connectivity index (χ0n) is 10.9. The van der Waals surface area contributed by atoms with E-state index < -0.39 is 0 Å². The van der Waals surface area contributed by atoms with Crippen LogP contribution in [-0.2, 0) is 0 Å². The van der Waals surface area contributed by atoms with Crippen LogP contribution < -0.4 is 16.0 Å². The van der Waals surface area contributed by atoms with Crippen molar-refractivity contribution < 1.29 is 0 Å². The summed E-state index contributed by atoms with van der Waals surface area (Å²) in [5, 5.41) is 3.54. The van der Waals surface area contributed by atoms with E-state index in [1.54, 1.807) is 0 Å². The molecule has 0 unspecified atom stereocenters. The third-order valence-corrected chi connectivity index (χ3v) is 4.13. The largest absolute Gasteiger partial charge is 0.382 e. The fourth-order valence-electron chi connectivity index (χ4n) is 2.94.